The van der Waals surface area contributed by atoms with E-state index in [1.54, 1.807) is 6.07 Å². The summed E-state index contributed by atoms with van der Waals surface area (Å²) in [6.07, 6.45) is 0. The molecule has 0 aliphatic carbocycles. The van der Waals surface area contributed by atoms with Crippen molar-refractivity contribution >= 4 is 59.2 Å². The predicted octanol–water partition coefficient (Wildman–Crippen LogP) is 4.51. The molecule has 21 heavy (non-hydrogen) atoms. The van der Waals surface area contributed by atoms with Gasteiger partial charge < -0.3 is 5.11 Å². The highest BCUT2D eigenvalue weighted by atomic mass is 79.9. The van der Waals surface area contributed by atoms with E-state index in [0.29, 0.717) is 8.95 Å². The summed E-state index contributed by atoms with van der Waals surface area (Å²) in [5.74, 6) is -1.32. The van der Waals surface area contributed by atoms with Gasteiger partial charge in [-0.1, -0.05) is 27.5 Å². The molecule has 0 aliphatic heterocycles. The maximum atomic E-state index is 13.3. The second-order valence-electron chi connectivity index (χ2n) is 3.96. The standard InChI is InChI=1S/C12H7Br2ClFNO3S/c13-6-1-2-8(14)11(3-6)21(19,20)17-10-5-7(16)4-9(15)12(10)18/h1-5,17-18H. The molecule has 0 heterocycles. The zero-order chi connectivity index (χ0) is 15.8. The molecule has 0 aromatic heterocycles. The second kappa shape index (κ2) is 6.12. The Morgan fingerprint density at radius 3 is 2.52 bits per heavy atom. The molecule has 0 saturated carbocycles. The Balaban J connectivity index is 2.50. The Kier molecular flexibility index (Phi) is 4.82. The third-order valence-corrected chi connectivity index (χ3v) is 5.60. The lowest BCUT2D eigenvalue weighted by molar-refractivity contribution is 0.476. The molecule has 0 unspecified atom stereocenters. The summed E-state index contributed by atoms with van der Waals surface area (Å²) < 4.78 is 40.9. The number of hydrogen-bond acceptors (Lipinski definition) is 3. The number of anilines is 1. The third kappa shape index (κ3) is 3.68. The van der Waals surface area contributed by atoms with E-state index >= 15 is 0 Å². The zero-order valence-corrected chi connectivity index (χ0v) is 14.8. The van der Waals surface area contributed by atoms with Gasteiger partial charge in [0, 0.05) is 15.0 Å². The van der Waals surface area contributed by atoms with E-state index in [9.17, 15) is 17.9 Å². The first-order valence-electron chi connectivity index (χ1n) is 5.36. The molecule has 4 nitrogen and oxygen atoms in total. The van der Waals surface area contributed by atoms with Crippen LogP contribution in [0.15, 0.2) is 44.2 Å². The minimum Gasteiger partial charge on any atom is -0.504 e. The SMILES string of the molecule is O=S(=O)(Nc1cc(F)cc(Cl)c1O)c1cc(Br)ccc1Br. The van der Waals surface area contributed by atoms with Crippen LogP contribution < -0.4 is 4.72 Å². The van der Waals surface area contributed by atoms with Crippen LogP contribution in [0.4, 0.5) is 10.1 Å². The Morgan fingerprint density at radius 1 is 1.19 bits per heavy atom. The first kappa shape index (κ1) is 16.5. The lowest BCUT2D eigenvalue weighted by Gasteiger charge is -2.12. The summed E-state index contributed by atoms with van der Waals surface area (Å²) in [5.41, 5.74) is -0.341. The predicted molar refractivity (Wildman–Crippen MR) is 85.7 cm³/mol. The van der Waals surface area contributed by atoms with Crippen LogP contribution in [0.5, 0.6) is 5.75 Å². The average Bonchev–Trinajstić information content (AvgIpc) is 2.37. The van der Waals surface area contributed by atoms with Crippen LogP contribution in [0.3, 0.4) is 0 Å². The van der Waals surface area contributed by atoms with Gasteiger partial charge in [-0.25, -0.2) is 12.8 Å². The summed E-state index contributed by atoms with van der Waals surface area (Å²) in [5, 5.41) is 9.42. The molecule has 2 N–H and O–H groups in total. The van der Waals surface area contributed by atoms with Crippen molar-refractivity contribution in [3.8, 4) is 5.75 Å². The number of phenols is 1. The van der Waals surface area contributed by atoms with Crippen LogP contribution in [0.25, 0.3) is 0 Å². The molecule has 0 fully saturated rings. The Morgan fingerprint density at radius 2 is 1.86 bits per heavy atom. The monoisotopic (exact) mass is 457 g/mol. The minimum absolute atomic E-state index is 0.0725. The van der Waals surface area contributed by atoms with Gasteiger partial charge in [0.05, 0.1) is 10.7 Å². The van der Waals surface area contributed by atoms with E-state index in [1.165, 1.54) is 12.1 Å². The summed E-state index contributed by atoms with van der Waals surface area (Å²) in [4.78, 5) is -0.0725. The first-order valence-corrected chi connectivity index (χ1v) is 8.81. The van der Waals surface area contributed by atoms with Crippen molar-refractivity contribution < 1.29 is 17.9 Å². The van der Waals surface area contributed by atoms with Gasteiger partial charge in [0.2, 0.25) is 0 Å². The van der Waals surface area contributed by atoms with Gasteiger partial charge in [-0.3, -0.25) is 4.72 Å². The van der Waals surface area contributed by atoms with E-state index in [0.717, 1.165) is 12.1 Å². The molecular weight excluding hydrogens is 452 g/mol. The Labute approximate surface area is 142 Å². The van der Waals surface area contributed by atoms with Crippen LogP contribution in [0, 0.1) is 5.82 Å². The highest BCUT2D eigenvalue weighted by molar-refractivity contribution is 9.11. The molecule has 2 aromatic carbocycles. The molecule has 9 heteroatoms. The molecule has 2 rings (SSSR count). The lowest BCUT2D eigenvalue weighted by atomic mass is 10.3. The van der Waals surface area contributed by atoms with Crippen molar-refractivity contribution in [1.29, 1.82) is 0 Å². The number of nitrogens with one attached hydrogen (secondary N) is 1. The number of hydrogen-bond donors (Lipinski definition) is 2. The summed E-state index contributed by atoms with van der Waals surface area (Å²) in [6.45, 7) is 0. The Bertz CT molecular complexity index is 814. The van der Waals surface area contributed by atoms with Crippen molar-refractivity contribution in [2.24, 2.45) is 0 Å². The molecule has 2 aromatic rings. The van der Waals surface area contributed by atoms with Crippen molar-refractivity contribution in [1.82, 2.24) is 0 Å². The van der Waals surface area contributed by atoms with Crippen LogP contribution in [-0.4, -0.2) is 13.5 Å². The molecule has 0 bridgehead atoms. The molecule has 0 amide bonds. The van der Waals surface area contributed by atoms with Gasteiger partial charge in [-0.15, -0.1) is 0 Å². The van der Waals surface area contributed by atoms with Crippen LogP contribution in [0.1, 0.15) is 0 Å². The fourth-order valence-electron chi connectivity index (χ4n) is 1.53. The van der Waals surface area contributed by atoms with Gasteiger partial charge in [-0.05, 0) is 40.2 Å². The molecule has 0 atom stereocenters. The van der Waals surface area contributed by atoms with Gasteiger partial charge >= 0.3 is 0 Å². The van der Waals surface area contributed by atoms with Crippen LogP contribution in [0.2, 0.25) is 5.02 Å². The summed E-state index contributed by atoms with van der Waals surface area (Å²) >= 11 is 11.9. The van der Waals surface area contributed by atoms with Crippen molar-refractivity contribution in [3.05, 3.63) is 50.1 Å². The number of phenolic OH excluding ortho intramolecular Hbond substituents is 1. The average molecular weight is 460 g/mol. The molecule has 0 aliphatic rings. The highest BCUT2D eigenvalue weighted by Crippen LogP contribution is 2.35. The fourth-order valence-corrected chi connectivity index (χ4v) is 4.29. The van der Waals surface area contributed by atoms with E-state index in [-0.39, 0.29) is 15.6 Å². The zero-order valence-electron chi connectivity index (χ0n) is 10.1. The van der Waals surface area contributed by atoms with Crippen LogP contribution in [-0.2, 0) is 10.0 Å². The molecule has 0 saturated heterocycles. The van der Waals surface area contributed by atoms with E-state index in [4.69, 9.17) is 11.6 Å². The topological polar surface area (TPSA) is 66.4 Å². The quantitative estimate of drug-likeness (QED) is 0.664. The van der Waals surface area contributed by atoms with E-state index in [2.05, 4.69) is 36.6 Å². The van der Waals surface area contributed by atoms with Gasteiger partial charge in [0.1, 0.15) is 10.7 Å². The van der Waals surface area contributed by atoms with Crippen molar-refractivity contribution in [2.45, 2.75) is 4.90 Å². The Hall–Kier alpha value is -0.830. The fraction of sp³-hybridized carbons (Fsp3) is 0. The smallest absolute Gasteiger partial charge is 0.263 e. The van der Waals surface area contributed by atoms with E-state index in [1.807, 2.05) is 0 Å². The first-order chi connectivity index (χ1) is 9.70. The molecule has 0 spiro atoms. The summed E-state index contributed by atoms with van der Waals surface area (Å²) in [7, 11) is -4.03. The minimum atomic E-state index is -4.03. The number of rotatable bonds is 3. The van der Waals surface area contributed by atoms with Gasteiger partial charge in [-0.2, -0.15) is 0 Å². The molecule has 0 radical (unpaired) electrons. The van der Waals surface area contributed by atoms with Gasteiger partial charge in [0.25, 0.3) is 10.0 Å². The lowest BCUT2D eigenvalue weighted by Crippen LogP contribution is -2.14. The van der Waals surface area contributed by atoms with Crippen LogP contribution >= 0.6 is 43.5 Å². The number of benzene rings is 2. The number of aromatic hydroxyl groups is 1. The normalized spacial score (nSPS) is 11.4. The molecular formula is C12H7Br2ClFNO3S. The third-order valence-electron chi connectivity index (χ3n) is 2.46. The van der Waals surface area contributed by atoms with Gasteiger partial charge in [0.15, 0.2) is 5.75 Å². The van der Waals surface area contributed by atoms with Crippen molar-refractivity contribution in [2.75, 3.05) is 4.72 Å². The van der Waals surface area contributed by atoms with E-state index < -0.39 is 21.6 Å². The largest absolute Gasteiger partial charge is 0.504 e. The highest BCUT2D eigenvalue weighted by Gasteiger charge is 2.21. The number of halogens is 4. The maximum Gasteiger partial charge on any atom is 0.263 e. The maximum absolute atomic E-state index is 13.3. The second-order valence-corrected chi connectivity index (χ2v) is 7.79. The number of sulfonamides is 1. The summed E-state index contributed by atoms with van der Waals surface area (Å²) in [6, 6.07) is 6.27. The van der Waals surface area contributed by atoms with Crippen molar-refractivity contribution in [3.63, 3.8) is 0 Å². The molecule has 112 valence electrons.